The molecule has 0 saturated carbocycles. The number of aromatic amines is 1. The summed E-state index contributed by atoms with van der Waals surface area (Å²) in [6.07, 6.45) is 5.28. The summed E-state index contributed by atoms with van der Waals surface area (Å²) in [5.41, 5.74) is 3.50. The van der Waals surface area contributed by atoms with E-state index in [1.54, 1.807) is 12.4 Å². The average Bonchev–Trinajstić information content (AvgIpc) is 3.51. The number of benzene rings is 2. The molecule has 3 aromatic heterocycles. The van der Waals surface area contributed by atoms with Crippen LogP contribution >= 0.6 is 22.9 Å². The van der Waals surface area contributed by atoms with E-state index in [0.717, 1.165) is 38.5 Å². The maximum atomic E-state index is 9.24. The molecule has 0 bridgehead atoms. The van der Waals surface area contributed by atoms with Crippen molar-refractivity contribution < 1.29 is 5.11 Å². The Morgan fingerprint density at radius 3 is 2.97 bits per heavy atom. The van der Waals surface area contributed by atoms with Crippen molar-refractivity contribution in [3.05, 3.63) is 60.0 Å². The van der Waals surface area contributed by atoms with Gasteiger partial charge in [-0.25, -0.2) is 4.98 Å². The molecule has 0 aliphatic carbocycles. The van der Waals surface area contributed by atoms with Crippen molar-refractivity contribution in [1.82, 2.24) is 29.9 Å². The van der Waals surface area contributed by atoms with E-state index in [1.165, 1.54) is 11.3 Å². The molecule has 5 rings (SSSR count). The number of hydrogen-bond donors (Lipinski definition) is 3. The molecule has 0 fully saturated rings. The number of halogens is 1. The quantitative estimate of drug-likeness (QED) is 0.365. The molecule has 0 radical (unpaired) electrons. The van der Waals surface area contributed by atoms with Gasteiger partial charge in [-0.05, 0) is 18.2 Å². The minimum absolute atomic E-state index is 0.0572. The molecule has 30 heavy (non-hydrogen) atoms. The number of aliphatic hydroxyl groups excluding tert-OH is 1. The number of H-pyrrole nitrogens is 1. The van der Waals surface area contributed by atoms with Crippen molar-refractivity contribution in [3.8, 4) is 22.0 Å². The first-order chi connectivity index (χ1) is 14.7. The molecule has 2 aromatic carbocycles. The molecule has 3 N–H and O–H groups in total. The van der Waals surface area contributed by atoms with Crippen molar-refractivity contribution in [2.75, 3.05) is 11.9 Å². The third-order valence-corrected chi connectivity index (χ3v) is 5.94. The summed E-state index contributed by atoms with van der Waals surface area (Å²) in [6, 6.07) is 11.7. The molecule has 0 spiro atoms. The minimum atomic E-state index is 0.0572. The second-order valence-corrected chi connectivity index (χ2v) is 7.90. The second kappa shape index (κ2) is 7.86. The van der Waals surface area contributed by atoms with E-state index in [0.29, 0.717) is 16.7 Å². The largest absolute Gasteiger partial charge is 0.395 e. The van der Waals surface area contributed by atoms with Crippen LogP contribution in [0.4, 0.5) is 10.8 Å². The SMILES string of the molecule is OCCn1ccnc1-c1cccc(-c2nnc(Nc3ccc4[nH]ncc4c3Cl)s2)c1. The van der Waals surface area contributed by atoms with Gasteiger partial charge < -0.3 is 15.0 Å². The van der Waals surface area contributed by atoms with Crippen LogP contribution in [0.2, 0.25) is 5.02 Å². The van der Waals surface area contributed by atoms with Crippen LogP contribution in [-0.4, -0.2) is 41.7 Å². The molecule has 5 aromatic rings. The monoisotopic (exact) mass is 437 g/mol. The fraction of sp³-hybridized carbons (Fsp3) is 0.100. The summed E-state index contributed by atoms with van der Waals surface area (Å²) in [7, 11) is 0. The Bertz CT molecular complexity index is 1330. The Labute approximate surface area is 180 Å². The highest BCUT2D eigenvalue weighted by Gasteiger charge is 2.13. The van der Waals surface area contributed by atoms with Gasteiger partial charge in [-0.15, -0.1) is 10.2 Å². The molecule has 0 saturated heterocycles. The van der Waals surface area contributed by atoms with E-state index in [-0.39, 0.29) is 6.61 Å². The number of anilines is 2. The normalized spacial score (nSPS) is 11.3. The first-order valence-electron chi connectivity index (χ1n) is 9.18. The maximum absolute atomic E-state index is 9.24. The first kappa shape index (κ1) is 18.7. The van der Waals surface area contributed by atoms with Gasteiger partial charge >= 0.3 is 0 Å². The molecule has 0 atom stereocenters. The molecule has 3 heterocycles. The Kier molecular flexibility index (Phi) is 4.91. The fourth-order valence-corrected chi connectivity index (χ4v) is 4.25. The summed E-state index contributed by atoms with van der Waals surface area (Å²) in [6.45, 7) is 0.551. The van der Waals surface area contributed by atoms with Gasteiger partial charge in [0, 0.05) is 35.5 Å². The van der Waals surface area contributed by atoms with Gasteiger partial charge in [0.2, 0.25) is 5.13 Å². The van der Waals surface area contributed by atoms with Crippen molar-refractivity contribution >= 4 is 44.7 Å². The van der Waals surface area contributed by atoms with Gasteiger partial charge in [0.1, 0.15) is 10.8 Å². The number of nitrogens with one attached hydrogen (secondary N) is 2. The molecular formula is C20H16ClN7OS. The number of fused-ring (bicyclic) bond motifs is 1. The molecule has 0 aliphatic rings. The van der Waals surface area contributed by atoms with Crippen LogP contribution in [0, 0.1) is 0 Å². The maximum Gasteiger partial charge on any atom is 0.210 e. The first-order valence-corrected chi connectivity index (χ1v) is 10.4. The Morgan fingerprint density at radius 2 is 2.07 bits per heavy atom. The Morgan fingerprint density at radius 1 is 1.17 bits per heavy atom. The van der Waals surface area contributed by atoms with Gasteiger partial charge in [0.25, 0.3) is 0 Å². The topological polar surface area (TPSA) is 105 Å². The van der Waals surface area contributed by atoms with E-state index in [9.17, 15) is 5.11 Å². The van der Waals surface area contributed by atoms with Gasteiger partial charge in [0.15, 0.2) is 0 Å². The average molecular weight is 438 g/mol. The fourth-order valence-electron chi connectivity index (χ4n) is 3.23. The smallest absolute Gasteiger partial charge is 0.210 e. The summed E-state index contributed by atoms with van der Waals surface area (Å²) >= 11 is 7.92. The van der Waals surface area contributed by atoms with Crippen molar-refractivity contribution in [2.45, 2.75) is 6.54 Å². The third-order valence-electron chi connectivity index (χ3n) is 4.65. The van der Waals surface area contributed by atoms with Gasteiger partial charge in [0.05, 0.1) is 29.0 Å². The van der Waals surface area contributed by atoms with Crippen LogP contribution in [0.1, 0.15) is 0 Å². The van der Waals surface area contributed by atoms with Crippen molar-refractivity contribution in [3.63, 3.8) is 0 Å². The minimum Gasteiger partial charge on any atom is -0.395 e. The zero-order valence-electron chi connectivity index (χ0n) is 15.6. The van der Waals surface area contributed by atoms with Crippen molar-refractivity contribution in [1.29, 1.82) is 0 Å². The Balaban J connectivity index is 1.42. The molecule has 0 unspecified atom stereocenters. The van der Waals surface area contributed by atoms with E-state index >= 15 is 0 Å². The highest BCUT2D eigenvalue weighted by molar-refractivity contribution is 7.18. The lowest BCUT2D eigenvalue weighted by atomic mass is 10.1. The summed E-state index contributed by atoms with van der Waals surface area (Å²) in [5.74, 6) is 0.800. The zero-order valence-corrected chi connectivity index (χ0v) is 17.2. The predicted molar refractivity (Wildman–Crippen MR) is 118 cm³/mol. The van der Waals surface area contributed by atoms with Gasteiger partial charge in [-0.2, -0.15) is 5.10 Å². The van der Waals surface area contributed by atoms with Crippen LogP contribution in [0.3, 0.4) is 0 Å². The van der Waals surface area contributed by atoms with Gasteiger partial charge in [-0.1, -0.05) is 41.1 Å². The lowest BCUT2D eigenvalue weighted by molar-refractivity contribution is 0.276. The highest BCUT2D eigenvalue weighted by atomic mass is 35.5. The number of aromatic nitrogens is 6. The van der Waals surface area contributed by atoms with E-state index < -0.39 is 0 Å². The van der Waals surface area contributed by atoms with Crippen LogP contribution < -0.4 is 5.32 Å². The van der Waals surface area contributed by atoms with Crippen LogP contribution in [0.25, 0.3) is 32.9 Å². The van der Waals surface area contributed by atoms with Crippen LogP contribution in [0.5, 0.6) is 0 Å². The van der Waals surface area contributed by atoms with E-state index in [4.69, 9.17) is 11.6 Å². The number of rotatable bonds is 6. The number of imidazole rings is 1. The molecule has 0 amide bonds. The van der Waals surface area contributed by atoms with Crippen LogP contribution in [0.15, 0.2) is 55.0 Å². The van der Waals surface area contributed by atoms with Crippen molar-refractivity contribution in [2.24, 2.45) is 0 Å². The molecule has 10 heteroatoms. The van der Waals surface area contributed by atoms with E-state index in [1.807, 2.05) is 47.2 Å². The van der Waals surface area contributed by atoms with Crippen LogP contribution in [-0.2, 0) is 6.54 Å². The molecule has 8 nitrogen and oxygen atoms in total. The lowest BCUT2D eigenvalue weighted by Gasteiger charge is -2.07. The number of hydrogen-bond acceptors (Lipinski definition) is 7. The standard InChI is InChI=1S/C20H16ClN7OS/c21-17-14-11-23-25-15(14)4-5-16(17)24-20-27-26-19(30-20)13-3-1-2-12(10-13)18-22-6-7-28(18)8-9-29/h1-7,10-11,29H,8-9H2,(H,23,25)(H,24,27). The lowest BCUT2D eigenvalue weighted by Crippen LogP contribution is -2.02. The zero-order chi connectivity index (χ0) is 20.5. The number of aliphatic hydroxyl groups is 1. The molecular weight excluding hydrogens is 422 g/mol. The number of nitrogens with zero attached hydrogens (tertiary/aromatic N) is 5. The Hall–Kier alpha value is -3.27. The molecule has 0 aliphatic heterocycles. The summed E-state index contributed by atoms with van der Waals surface area (Å²) < 4.78 is 1.92. The predicted octanol–water partition coefficient (Wildman–Crippen LogP) is 4.33. The van der Waals surface area contributed by atoms with Gasteiger partial charge in [-0.3, -0.25) is 5.10 Å². The highest BCUT2D eigenvalue weighted by Crippen LogP contribution is 2.35. The third kappa shape index (κ3) is 3.43. The summed E-state index contributed by atoms with van der Waals surface area (Å²) in [5, 5.41) is 30.8. The summed E-state index contributed by atoms with van der Waals surface area (Å²) in [4.78, 5) is 4.42. The molecule has 150 valence electrons. The van der Waals surface area contributed by atoms with E-state index in [2.05, 4.69) is 30.7 Å². The second-order valence-electron chi connectivity index (χ2n) is 6.54.